The molecule has 1 aromatic carbocycles. The highest BCUT2D eigenvalue weighted by Crippen LogP contribution is 2.27. The Balaban J connectivity index is 1.30. The standard InChI is InChI=1S/C24H31N5O2S/c1-3-7-20-16-21(30)29-23(26-20)32-24(27-29)28-14-12-19(13-15-28)22(31)25-17(2)10-11-18-8-5-4-6-9-18/h4-6,8-9,16-17,19H,3,7,10-15H2,1-2H3,(H,25,31)/t17-/m0/s1. The van der Waals surface area contributed by atoms with E-state index >= 15 is 0 Å². The third-order valence-corrected chi connectivity index (χ3v) is 7.00. The number of aromatic nitrogens is 3. The number of anilines is 1. The van der Waals surface area contributed by atoms with Gasteiger partial charge in [-0.1, -0.05) is 55.0 Å². The van der Waals surface area contributed by atoms with Crippen molar-refractivity contribution in [1.29, 1.82) is 0 Å². The van der Waals surface area contributed by atoms with E-state index in [1.165, 1.54) is 21.4 Å². The van der Waals surface area contributed by atoms with Crippen LogP contribution < -0.4 is 15.8 Å². The maximum absolute atomic E-state index is 12.7. The van der Waals surface area contributed by atoms with Crippen molar-refractivity contribution in [2.75, 3.05) is 18.0 Å². The van der Waals surface area contributed by atoms with E-state index in [0.29, 0.717) is 4.96 Å². The molecule has 170 valence electrons. The van der Waals surface area contributed by atoms with Gasteiger partial charge in [0, 0.05) is 36.8 Å². The van der Waals surface area contributed by atoms with Gasteiger partial charge in [-0.15, -0.1) is 5.10 Å². The van der Waals surface area contributed by atoms with E-state index in [-0.39, 0.29) is 23.4 Å². The molecule has 1 amide bonds. The normalized spacial score (nSPS) is 15.8. The van der Waals surface area contributed by atoms with Gasteiger partial charge < -0.3 is 10.2 Å². The number of benzene rings is 1. The van der Waals surface area contributed by atoms with Crippen molar-refractivity contribution < 1.29 is 4.79 Å². The molecule has 0 radical (unpaired) electrons. The molecular weight excluding hydrogens is 422 g/mol. The highest BCUT2D eigenvalue weighted by Gasteiger charge is 2.27. The fourth-order valence-electron chi connectivity index (χ4n) is 4.15. The molecular formula is C24H31N5O2S. The summed E-state index contributed by atoms with van der Waals surface area (Å²) < 4.78 is 1.40. The topological polar surface area (TPSA) is 79.6 Å². The average molecular weight is 454 g/mol. The Labute approximate surface area is 192 Å². The van der Waals surface area contributed by atoms with Crippen LogP contribution in [0.15, 0.2) is 41.2 Å². The molecule has 0 aliphatic carbocycles. The average Bonchev–Trinajstić information content (AvgIpc) is 3.24. The molecule has 1 aliphatic heterocycles. The molecule has 32 heavy (non-hydrogen) atoms. The number of piperidine rings is 1. The summed E-state index contributed by atoms with van der Waals surface area (Å²) in [5.74, 6) is 0.174. The highest BCUT2D eigenvalue weighted by molar-refractivity contribution is 7.20. The third-order valence-electron chi connectivity index (χ3n) is 6.03. The summed E-state index contributed by atoms with van der Waals surface area (Å²) in [6, 6.07) is 12.1. The van der Waals surface area contributed by atoms with Crippen LogP contribution >= 0.6 is 11.3 Å². The summed E-state index contributed by atoms with van der Waals surface area (Å²) >= 11 is 1.45. The quantitative estimate of drug-likeness (QED) is 0.565. The van der Waals surface area contributed by atoms with Gasteiger partial charge in [-0.3, -0.25) is 9.59 Å². The van der Waals surface area contributed by atoms with E-state index in [4.69, 9.17) is 0 Å². The van der Waals surface area contributed by atoms with Crippen molar-refractivity contribution in [2.24, 2.45) is 5.92 Å². The molecule has 0 saturated carbocycles. The summed E-state index contributed by atoms with van der Waals surface area (Å²) in [7, 11) is 0. The molecule has 1 atom stereocenters. The van der Waals surface area contributed by atoms with Crippen LogP contribution in [0.5, 0.6) is 0 Å². The first-order chi connectivity index (χ1) is 15.5. The lowest BCUT2D eigenvalue weighted by atomic mass is 9.95. The summed E-state index contributed by atoms with van der Waals surface area (Å²) in [4.78, 5) is 32.5. The second-order valence-electron chi connectivity index (χ2n) is 8.61. The van der Waals surface area contributed by atoms with E-state index < -0.39 is 0 Å². The Morgan fingerprint density at radius 1 is 1.22 bits per heavy atom. The first-order valence-corrected chi connectivity index (χ1v) is 12.3. The molecule has 1 N–H and O–H groups in total. The van der Waals surface area contributed by atoms with E-state index in [1.807, 2.05) is 18.2 Å². The van der Waals surface area contributed by atoms with Crippen molar-refractivity contribution in [1.82, 2.24) is 19.9 Å². The lowest BCUT2D eigenvalue weighted by Crippen LogP contribution is -2.43. The van der Waals surface area contributed by atoms with E-state index in [2.05, 4.69) is 46.3 Å². The summed E-state index contributed by atoms with van der Waals surface area (Å²) in [5.41, 5.74) is 2.00. The monoisotopic (exact) mass is 453 g/mol. The summed E-state index contributed by atoms with van der Waals surface area (Å²) in [6.07, 6.45) is 5.22. The van der Waals surface area contributed by atoms with Gasteiger partial charge in [0.05, 0.1) is 0 Å². The Kier molecular flexibility index (Phi) is 7.19. The molecule has 3 aromatic rings. The fourth-order valence-corrected chi connectivity index (χ4v) is 5.13. The fraction of sp³-hybridized carbons (Fsp3) is 0.500. The van der Waals surface area contributed by atoms with Crippen LogP contribution in [-0.4, -0.2) is 39.6 Å². The number of nitrogens with one attached hydrogen (secondary N) is 1. The first kappa shape index (κ1) is 22.5. The SMILES string of the molecule is CCCc1cc(=O)n2nc(N3CCC(C(=O)N[C@@H](C)CCc4ccccc4)CC3)sc2n1. The zero-order valence-corrected chi connectivity index (χ0v) is 19.6. The molecule has 0 spiro atoms. The van der Waals surface area contributed by atoms with Crippen LogP contribution in [0.3, 0.4) is 0 Å². The van der Waals surface area contributed by atoms with E-state index in [1.54, 1.807) is 6.07 Å². The molecule has 1 fully saturated rings. The van der Waals surface area contributed by atoms with Gasteiger partial charge in [0.1, 0.15) is 0 Å². The van der Waals surface area contributed by atoms with Gasteiger partial charge in [-0.05, 0) is 44.6 Å². The van der Waals surface area contributed by atoms with Gasteiger partial charge in [0.15, 0.2) is 0 Å². The molecule has 4 rings (SSSR count). The van der Waals surface area contributed by atoms with Crippen LogP contribution in [0.25, 0.3) is 4.96 Å². The van der Waals surface area contributed by atoms with E-state index in [0.717, 1.165) is 62.4 Å². The zero-order valence-electron chi connectivity index (χ0n) is 18.8. The minimum Gasteiger partial charge on any atom is -0.353 e. The lowest BCUT2D eigenvalue weighted by Gasteiger charge is -2.31. The number of fused-ring (bicyclic) bond motifs is 1. The van der Waals surface area contributed by atoms with Gasteiger partial charge in [-0.2, -0.15) is 4.52 Å². The van der Waals surface area contributed by atoms with Gasteiger partial charge in [0.25, 0.3) is 5.56 Å². The Morgan fingerprint density at radius 2 is 1.97 bits per heavy atom. The number of carbonyl (C=O) groups is 1. The molecule has 2 aromatic heterocycles. The second-order valence-corrected chi connectivity index (χ2v) is 9.54. The number of carbonyl (C=O) groups excluding carboxylic acids is 1. The minimum absolute atomic E-state index is 0.0248. The number of hydrogen-bond donors (Lipinski definition) is 1. The Hall–Kier alpha value is -2.74. The van der Waals surface area contributed by atoms with Gasteiger partial charge in [-0.25, -0.2) is 4.98 Å². The molecule has 7 nitrogen and oxygen atoms in total. The smallest absolute Gasteiger partial charge is 0.275 e. The van der Waals surface area contributed by atoms with Crippen molar-refractivity contribution >= 4 is 27.3 Å². The lowest BCUT2D eigenvalue weighted by molar-refractivity contribution is -0.126. The number of aryl methyl sites for hydroxylation is 2. The predicted molar refractivity (Wildman–Crippen MR) is 128 cm³/mol. The molecule has 1 aliphatic rings. The first-order valence-electron chi connectivity index (χ1n) is 11.5. The maximum atomic E-state index is 12.7. The largest absolute Gasteiger partial charge is 0.353 e. The van der Waals surface area contributed by atoms with Crippen molar-refractivity contribution in [3.05, 3.63) is 58.0 Å². The Morgan fingerprint density at radius 3 is 2.69 bits per heavy atom. The van der Waals surface area contributed by atoms with Gasteiger partial charge >= 0.3 is 0 Å². The van der Waals surface area contributed by atoms with Crippen molar-refractivity contribution in [3.63, 3.8) is 0 Å². The summed E-state index contributed by atoms with van der Waals surface area (Å²) in [6.45, 7) is 5.67. The van der Waals surface area contributed by atoms with Crippen LogP contribution in [0, 0.1) is 5.92 Å². The number of hydrogen-bond acceptors (Lipinski definition) is 6. The molecule has 1 saturated heterocycles. The Bertz CT molecular complexity index is 1100. The van der Waals surface area contributed by atoms with Gasteiger partial charge in [0.2, 0.25) is 16.0 Å². The molecule has 0 bridgehead atoms. The molecule has 8 heteroatoms. The van der Waals surface area contributed by atoms with Crippen LogP contribution in [-0.2, 0) is 17.6 Å². The second kappa shape index (κ2) is 10.3. The number of rotatable bonds is 8. The minimum atomic E-state index is -0.125. The zero-order chi connectivity index (χ0) is 22.5. The number of amides is 1. The van der Waals surface area contributed by atoms with Crippen LogP contribution in [0.4, 0.5) is 5.13 Å². The van der Waals surface area contributed by atoms with Crippen LogP contribution in [0.2, 0.25) is 0 Å². The molecule has 3 heterocycles. The highest BCUT2D eigenvalue weighted by atomic mass is 32.1. The third kappa shape index (κ3) is 5.35. The van der Waals surface area contributed by atoms with Crippen molar-refractivity contribution in [2.45, 2.75) is 58.4 Å². The number of nitrogens with zero attached hydrogens (tertiary/aromatic N) is 4. The molecule has 0 unspecified atom stereocenters. The summed E-state index contributed by atoms with van der Waals surface area (Å²) in [5, 5.41) is 8.49. The predicted octanol–water partition coefficient (Wildman–Crippen LogP) is 3.46. The van der Waals surface area contributed by atoms with E-state index in [9.17, 15) is 9.59 Å². The van der Waals surface area contributed by atoms with Crippen molar-refractivity contribution in [3.8, 4) is 0 Å². The van der Waals surface area contributed by atoms with Crippen LogP contribution in [0.1, 0.15) is 50.8 Å². The maximum Gasteiger partial charge on any atom is 0.275 e.